The van der Waals surface area contributed by atoms with Gasteiger partial charge in [-0.25, -0.2) is 4.98 Å². The Bertz CT molecular complexity index is 490. The highest BCUT2D eigenvalue weighted by Gasteiger charge is 2.10. The molecule has 0 amide bonds. The molecule has 3 heteroatoms. The van der Waals surface area contributed by atoms with Gasteiger partial charge in [0.1, 0.15) is 0 Å². The summed E-state index contributed by atoms with van der Waals surface area (Å²) in [6.45, 7) is 6.75. The van der Waals surface area contributed by atoms with Crippen LogP contribution >= 0.6 is 0 Å². The summed E-state index contributed by atoms with van der Waals surface area (Å²) in [4.78, 5) is 4.42. The Kier molecular flexibility index (Phi) is 4.61. The van der Waals surface area contributed by atoms with Crippen molar-refractivity contribution in [2.45, 2.75) is 39.7 Å². The van der Waals surface area contributed by atoms with E-state index in [-0.39, 0.29) is 0 Å². The molecule has 0 aliphatic carbocycles. The van der Waals surface area contributed by atoms with Crippen molar-refractivity contribution in [2.24, 2.45) is 5.92 Å². The van der Waals surface area contributed by atoms with Crippen LogP contribution in [0.1, 0.15) is 33.6 Å². The van der Waals surface area contributed by atoms with E-state index >= 15 is 0 Å². The van der Waals surface area contributed by atoms with Gasteiger partial charge in [-0.1, -0.05) is 38.5 Å². The number of nitrogens with zero attached hydrogens (tertiary/aromatic N) is 2. The van der Waals surface area contributed by atoms with E-state index in [9.17, 15) is 0 Å². The molecule has 0 radical (unpaired) electrons. The first-order chi connectivity index (χ1) is 9.20. The molecule has 1 N–H and O–H groups in total. The van der Waals surface area contributed by atoms with Gasteiger partial charge in [-0.3, -0.25) is 4.57 Å². The van der Waals surface area contributed by atoms with Gasteiger partial charge in [-0.15, -0.1) is 0 Å². The normalized spacial score (nSPS) is 14.1. The molecule has 3 nitrogen and oxygen atoms in total. The van der Waals surface area contributed by atoms with E-state index in [4.69, 9.17) is 0 Å². The first-order valence-corrected chi connectivity index (χ1v) is 7.06. The molecule has 0 saturated carbocycles. The lowest BCUT2D eigenvalue weighted by Crippen LogP contribution is -2.20. The van der Waals surface area contributed by atoms with Gasteiger partial charge in [0, 0.05) is 24.1 Å². The van der Waals surface area contributed by atoms with Crippen molar-refractivity contribution >= 4 is 5.95 Å². The van der Waals surface area contributed by atoms with Crippen molar-refractivity contribution in [2.75, 3.05) is 5.32 Å². The van der Waals surface area contributed by atoms with Crippen molar-refractivity contribution in [3.63, 3.8) is 0 Å². The smallest absolute Gasteiger partial charge is 0.207 e. The van der Waals surface area contributed by atoms with E-state index in [0.29, 0.717) is 6.04 Å². The topological polar surface area (TPSA) is 29.9 Å². The number of benzene rings is 1. The zero-order valence-electron chi connectivity index (χ0n) is 12.0. The number of hydrogen-bond donors (Lipinski definition) is 1. The average Bonchev–Trinajstić information content (AvgIpc) is 2.87. The Morgan fingerprint density at radius 3 is 2.63 bits per heavy atom. The summed E-state index contributed by atoms with van der Waals surface area (Å²) in [5.41, 5.74) is 1.14. The first kappa shape index (κ1) is 13.7. The minimum absolute atomic E-state index is 0.430. The van der Waals surface area contributed by atoms with Crippen LogP contribution in [0.25, 0.3) is 5.69 Å². The highest BCUT2D eigenvalue weighted by atomic mass is 15.2. The Balaban J connectivity index is 2.08. The molecular weight excluding hydrogens is 234 g/mol. The lowest BCUT2D eigenvalue weighted by molar-refractivity contribution is 0.482. The predicted octanol–water partition coefficient (Wildman–Crippen LogP) is 4.11. The zero-order chi connectivity index (χ0) is 13.7. The van der Waals surface area contributed by atoms with Crippen LogP contribution < -0.4 is 5.32 Å². The Hall–Kier alpha value is -1.77. The summed E-state index contributed by atoms with van der Waals surface area (Å²) in [6, 6.07) is 10.7. The van der Waals surface area contributed by atoms with Crippen molar-refractivity contribution in [1.82, 2.24) is 9.55 Å². The average molecular weight is 257 g/mol. The van der Waals surface area contributed by atoms with Crippen LogP contribution in [0, 0.1) is 5.92 Å². The maximum Gasteiger partial charge on any atom is 0.207 e. The molecule has 0 aliphatic heterocycles. The minimum atomic E-state index is 0.430. The molecule has 1 aromatic heterocycles. The molecule has 19 heavy (non-hydrogen) atoms. The molecule has 2 atom stereocenters. The van der Waals surface area contributed by atoms with E-state index < -0.39 is 0 Å². The number of nitrogens with one attached hydrogen (secondary N) is 1. The minimum Gasteiger partial charge on any atom is -0.353 e. The summed E-state index contributed by atoms with van der Waals surface area (Å²) < 4.78 is 2.09. The third kappa shape index (κ3) is 3.60. The van der Waals surface area contributed by atoms with E-state index in [1.54, 1.807) is 0 Å². The van der Waals surface area contributed by atoms with Crippen molar-refractivity contribution in [1.29, 1.82) is 0 Å². The predicted molar refractivity (Wildman–Crippen MR) is 80.7 cm³/mol. The van der Waals surface area contributed by atoms with Crippen LogP contribution in [0.5, 0.6) is 0 Å². The van der Waals surface area contributed by atoms with E-state index in [0.717, 1.165) is 24.0 Å². The van der Waals surface area contributed by atoms with Gasteiger partial charge < -0.3 is 5.32 Å². The monoisotopic (exact) mass is 257 g/mol. The summed E-state index contributed by atoms with van der Waals surface area (Å²) >= 11 is 0. The summed E-state index contributed by atoms with van der Waals surface area (Å²) in [5, 5.41) is 3.51. The molecule has 1 aromatic carbocycles. The molecule has 2 aromatic rings. The van der Waals surface area contributed by atoms with Crippen LogP contribution in [0.4, 0.5) is 5.95 Å². The Morgan fingerprint density at radius 1 is 1.21 bits per heavy atom. The van der Waals surface area contributed by atoms with Gasteiger partial charge in [0.05, 0.1) is 0 Å². The Morgan fingerprint density at radius 2 is 1.95 bits per heavy atom. The summed E-state index contributed by atoms with van der Waals surface area (Å²) in [5.74, 6) is 1.66. The third-order valence-corrected chi connectivity index (χ3v) is 3.50. The molecule has 0 spiro atoms. The van der Waals surface area contributed by atoms with E-state index in [2.05, 4.69) is 47.8 Å². The molecule has 102 valence electrons. The summed E-state index contributed by atoms with van der Waals surface area (Å²) in [7, 11) is 0. The number of imidazole rings is 1. The van der Waals surface area contributed by atoms with Gasteiger partial charge in [0.15, 0.2) is 0 Å². The number of para-hydroxylation sites is 1. The zero-order valence-corrected chi connectivity index (χ0v) is 12.0. The molecule has 0 bridgehead atoms. The lowest BCUT2D eigenvalue weighted by Gasteiger charge is -2.19. The van der Waals surface area contributed by atoms with Crippen LogP contribution in [-0.2, 0) is 0 Å². The van der Waals surface area contributed by atoms with Gasteiger partial charge in [0.25, 0.3) is 0 Å². The quantitative estimate of drug-likeness (QED) is 0.844. The van der Waals surface area contributed by atoms with Gasteiger partial charge >= 0.3 is 0 Å². The highest BCUT2D eigenvalue weighted by Crippen LogP contribution is 2.17. The molecule has 2 rings (SSSR count). The van der Waals surface area contributed by atoms with Gasteiger partial charge in [-0.05, 0) is 31.4 Å². The first-order valence-electron chi connectivity index (χ1n) is 7.06. The Labute approximate surface area is 115 Å². The maximum atomic E-state index is 4.42. The number of rotatable bonds is 6. The van der Waals surface area contributed by atoms with Crippen molar-refractivity contribution in [3.8, 4) is 5.69 Å². The third-order valence-electron chi connectivity index (χ3n) is 3.50. The molecular formula is C16H23N3. The lowest BCUT2D eigenvalue weighted by atomic mass is 10.0. The highest BCUT2D eigenvalue weighted by molar-refractivity contribution is 5.41. The SMILES string of the molecule is CCC(C)CC(C)Nc1nccn1-c1ccccc1. The number of hydrogen-bond acceptors (Lipinski definition) is 2. The molecule has 0 saturated heterocycles. The fourth-order valence-electron chi connectivity index (χ4n) is 2.26. The second-order valence-electron chi connectivity index (χ2n) is 5.25. The molecule has 0 aliphatic rings. The number of anilines is 1. The second kappa shape index (κ2) is 6.41. The second-order valence-corrected chi connectivity index (χ2v) is 5.25. The fraction of sp³-hybridized carbons (Fsp3) is 0.438. The molecule has 2 unspecified atom stereocenters. The maximum absolute atomic E-state index is 4.42. The van der Waals surface area contributed by atoms with Gasteiger partial charge in [-0.2, -0.15) is 0 Å². The van der Waals surface area contributed by atoms with Gasteiger partial charge in [0.2, 0.25) is 5.95 Å². The number of aromatic nitrogens is 2. The van der Waals surface area contributed by atoms with Crippen molar-refractivity contribution < 1.29 is 0 Å². The van der Waals surface area contributed by atoms with Crippen LogP contribution in [0.3, 0.4) is 0 Å². The standard InChI is InChI=1S/C16H23N3/c1-4-13(2)12-14(3)18-16-17-10-11-19(16)15-8-6-5-7-9-15/h5-11,13-14H,4,12H2,1-3H3,(H,17,18). The van der Waals surface area contributed by atoms with Crippen LogP contribution in [0.2, 0.25) is 0 Å². The van der Waals surface area contributed by atoms with E-state index in [1.165, 1.54) is 6.42 Å². The fourth-order valence-corrected chi connectivity index (χ4v) is 2.26. The van der Waals surface area contributed by atoms with Crippen molar-refractivity contribution in [3.05, 3.63) is 42.7 Å². The van der Waals surface area contributed by atoms with E-state index in [1.807, 2.05) is 30.6 Å². The summed E-state index contributed by atoms with van der Waals surface area (Å²) in [6.07, 6.45) is 6.22. The van der Waals surface area contributed by atoms with Crippen LogP contribution in [-0.4, -0.2) is 15.6 Å². The molecule has 1 heterocycles. The van der Waals surface area contributed by atoms with Crippen LogP contribution in [0.15, 0.2) is 42.7 Å². The molecule has 0 fully saturated rings. The largest absolute Gasteiger partial charge is 0.353 e.